The van der Waals surface area contributed by atoms with Crippen molar-refractivity contribution in [3.63, 3.8) is 0 Å². The minimum absolute atomic E-state index is 0.0876. The lowest BCUT2D eigenvalue weighted by Gasteiger charge is -2.20. The summed E-state index contributed by atoms with van der Waals surface area (Å²) in [7, 11) is 0. The summed E-state index contributed by atoms with van der Waals surface area (Å²) in [6.07, 6.45) is 4.27. The van der Waals surface area contributed by atoms with E-state index >= 15 is 0 Å². The van der Waals surface area contributed by atoms with Gasteiger partial charge in [0, 0.05) is 12.7 Å². The zero-order chi connectivity index (χ0) is 13.5. The number of unbranched alkanes of at least 4 members (excludes halogenated alkanes) is 1. The molecule has 0 radical (unpaired) electrons. The summed E-state index contributed by atoms with van der Waals surface area (Å²) in [5, 5.41) is 9.28. The molecular weight excluding hydrogens is 234 g/mol. The van der Waals surface area contributed by atoms with Gasteiger partial charge in [-0.2, -0.15) is 0 Å². The predicted molar refractivity (Wildman–Crippen MR) is 65.9 cm³/mol. The van der Waals surface area contributed by atoms with Crippen LogP contribution in [0.5, 0.6) is 5.75 Å². The maximum absolute atomic E-state index is 12.1. The van der Waals surface area contributed by atoms with Gasteiger partial charge in [-0.25, -0.2) is 0 Å². The molecule has 6 heteroatoms. The summed E-state index contributed by atoms with van der Waals surface area (Å²) in [5.41, 5.74) is 5.36. The van der Waals surface area contributed by atoms with Gasteiger partial charge in [-0.1, -0.05) is 13.3 Å². The van der Waals surface area contributed by atoms with Crippen molar-refractivity contribution in [3.05, 3.63) is 24.0 Å². The Labute approximate surface area is 105 Å². The van der Waals surface area contributed by atoms with Crippen LogP contribution in [0.15, 0.2) is 18.5 Å². The number of hydrogen-bond acceptors (Lipinski definition) is 4. The Morgan fingerprint density at radius 2 is 2.17 bits per heavy atom. The zero-order valence-corrected chi connectivity index (χ0v) is 10.3. The average Bonchev–Trinajstić information content (AvgIpc) is 2.33. The maximum atomic E-state index is 12.1. The molecule has 0 unspecified atom stereocenters. The Morgan fingerprint density at radius 3 is 2.72 bits per heavy atom. The van der Waals surface area contributed by atoms with Crippen molar-refractivity contribution in [1.29, 1.82) is 0 Å². The molecule has 3 N–H and O–H groups in total. The molecule has 0 aliphatic carbocycles. The van der Waals surface area contributed by atoms with E-state index < -0.39 is 5.91 Å². The maximum Gasteiger partial charge on any atom is 0.256 e. The number of amides is 2. The van der Waals surface area contributed by atoms with Crippen LogP contribution in [0.1, 0.15) is 30.1 Å². The number of nitrogens with zero attached hydrogens (tertiary/aromatic N) is 2. The fraction of sp³-hybridized carbons (Fsp3) is 0.417. The second-order valence-electron chi connectivity index (χ2n) is 3.98. The van der Waals surface area contributed by atoms with E-state index in [0.717, 1.165) is 12.8 Å². The number of primary amides is 1. The highest BCUT2D eigenvalue weighted by Gasteiger charge is 2.17. The second-order valence-corrected chi connectivity index (χ2v) is 3.98. The van der Waals surface area contributed by atoms with Crippen molar-refractivity contribution in [2.24, 2.45) is 5.73 Å². The van der Waals surface area contributed by atoms with E-state index in [-0.39, 0.29) is 23.8 Å². The molecule has 0 saturated carbocycles. The molecule has 0 spiro atoms. The molecule has 0 saturated heterocycles. The number of pyridine rings is 1. The van der Waals surface area contributed by atoms with Gasteiger partial charge < -0.3 is 15.7 Å². The van der Waals surface area contributed by atoms with Gasteiger partial charge >= 0.3 is 0 Å². The fourth-order valence-corrected chi connectivity index (χ4v) is 1.52. The highest BCUT2D eigenvalue weighted by atomic mass is 16.3. The minimum atomic E-state index is -0.562. The molecule has 18 heavy (non-hydrogen) atoms. The van der Waals surface area contributed by atoms with Crippen LogP contribution in [0.3, 0.4) is 0 Å². The Bertz CT molecular complexity index is 434. The van der Waals surface area contributed by atoms with E-state index in [1.807, 2.05) is 6.92 Å². The molecule has 0 fully saturated rings. The summed E-state index contributed by atoms with van der Waals surface area (Å²) in [6.45, 7) is 2.31. The van der Waals surface area contributed by atoms with Crippen LogP contribution >= 0.6 is 0 Å². The summed E-state index contributed by atoms with van der Waals surface area (Å²) in [4.78, 5) is 28.1. The molecule has 0 aromatic carbocycles. The molecule has 0 atom stereocenters. The lowest BCUT2D eigenvalue weighted by molar-refractivity contribution is -0.118. The summed E-state index contributed by atoms with van der Waals surface area (Å²) in [5.74, 6) is -1.01. The van der Waals surface area contributed by atoms with Crippen molar-refractivity contribution < 1.29 is 14.7 Å². The van der Waals surface area contributed by atoms with Crippen LogP contribution < -0.4 is 5.73 Å². The van der Waals surface area contributed by atoms with E-state index in [1.165, 1.54) is 23.4 Å². The number of nitrogens with two attached hydrogens (primary N) is 1. The van der Waals surface area contributed by atoms with Gasteiger partial charge in [0.25, 0.3) is 5.91 Å². The summed E-state index contributed by atoms with van der Waals surface area (Å²) >= 11 is 0. The largest absolute Gasteiger partial charge is 0.506 e. The molecule has 0 bridgehead atoms. The van der Waals surface area contributed by atoms with Crippen LogP contribution in [0.2, 0.25) is 0 Å². The summed E-state index contributed by atoms with van der Waals surface area (Å²) in [6, 6.07) is 1.31. The number of carbonyl (C=O) groups is 2. The number of carbonyl (C=O) groups excluding carboxylic acids is 2. The summed E-state index contributed by atoms with van der Waals surface area (Å²) < 4.78 is 0. The number of aromatic hydroxyl groups is 1. The van der Waals surface area contributed by atoms with Crippen LogP contribution in [-0.2, 0) is 4.79 Å². The van der Waals surface area contributed by atoms with E-state index in [9.17, 15) is 14.7 Å². The number of hydrogen-bond donors (Lipinski definition) is 2. The van der Waals surface area contributed by atoms with Crippen molar-refractivity contribution >= 4 is 11.8 Å². The topological polar surface area (TPSA) is 96.5 Å². The van der Waals surface area contributed by atoms with Gasteiger partial charge in [0.2, 0.25) is 5.91 Å². The van der Waals surface area contributed by atoms with Crippen LogP contribution in [0, 0.1) is 0 Å². The van der Waals surface area contributed by atoms with E-state index in [4.69, 9.17) is 5.73 Å². The Kier molecular flexibility index (Phi) is 5.10. The first-order valence-electron chi connectivity index (χ1n) is 5.76. The van der Waals surface area contributed by atoms with Gasteiger partial charge in [-0.05, 0) is 12.5 Å². The van der Waals surface area contributed by atoms with Crippen LogP contribution in [-0.4, -0.2) is 39.9 Å². The molecule has 1 heterocycles. The average molecular weight is 251 g/mol. The van der Waals surface area contributed by atoms with Gasteiger partial charge in [0.05, 0.1) is 18.3 Å². The van der Waals surface area contributed by atoms with Gasteiger partial charge in [-0.15, -0.1) is 0 Å². The third-order valence-electron chi connectivity index (χ3n) is 2.39. The van der Waals surface area contributed by atoms with E-state index in [2.05, 4.69) is 4.98 Å². The van der Waals surface area contributed by atoms with E-state index in [1.54, 1.807) is 0 Å². The molecule has 1 rings (SSSR count). The first-order chi connectivity index (χ1) is 8.54. The monoisotopic (exact) mass is 251 g/mol. The third-order valence-corrected chi connectivity index (χ3v) is 2.39. The van der Waals surface area contributed by atoms with Gasteiger partial charge in [-0.3, -0.25) is 14.6 Å². The molecule has 6 nitrogen and oxygen atoms in total. The molecule has 98 valence electrons. The number of aromatic nitrogens is 1. The molecular formula is C12H17N3O3. The number of rotatable bonds is 6. The third kappa shape index (κ3) is 4.04. The highest BCUT2D eigenvalue weighted by molar-refractivity contribution is 5.96. The SMILES string of the molecule is CCCCN(CC(N)=O)C(=O)c1cncc(O)c1. The molecule has 2 amide bonds. The normalized spacial score (nSPS) is 10.1. The lowest BCUT2D eigenvalue weighted by Crippen LogP contribution is -2.39. The van der Waals surface area contributed by atoms with Crippen molar-refractivity contribution in [2.75, 3.05) is 13.1 Å². The van der Waals surface area contributed by atoms with Crippen molar-refractivity contribution in [1.82, 2.24) is 9.88 Å². The Hall–Kier alpha value is -2.11. The highest BCUT2D eigenvalue weighted by Crippen LogP contribution is 2.11. The minimum Gasteiger partial charge on any atom is -0.506 e. The second kappa shape index (κ2) is 6.58. The van der Waals surface area contributed by atoms with E-state index in [0.29, 0.717) is 6.54 Å². The molecule has 1 aromatic rings. The smallest absolute Gasteiger partial charge is 0.256 e. The molecule has 0 aliphatic rings. The first kappa shape index (κ1) is 14.0. The quantitative estimate of drug-likeness (QED) is 0.770. The van der Waals surface area contributed by atoms with Crippen LogP contribution in [0.4, 0.5) is 0 Å². The fourth-order valence-electron chi connectivity index (χ4n) is 1.52. The van der Waals surface area contributed by atoms with Crippen molar-refractivity contribution in [3.8, 4) is 5.75 Å². The van der Waals surface area contributed by atoms with Gasteiger partial charge in [0.1, 0.15) is 5.75 Å². The predicted octanol–water partition coefficient (Wildman–Crippen LogP) is 0.515. The van der Waals surface area contributed by atoms with Crippen LogP contribution in [0.25, 0.3) is 0 Å². The lowest BCUT2D eigenvalue weighted by atomic mass is 10.2. The van der Waals surface area contributed by atoms with Gasteiger partial charge in [0.15, 0.2) is 0 Å². The Balaban J connectivity index is 2.83. The van der Waals surface area contributed by atoms with Crippen molar-refractivity contribution in [2.45, 2.75) is 19.8 Å². The molecule has 0 aliphatic heterocycles. The molecule has 1 aromatic heterocycles. The Morgan fingerprint density at radius 1 is 1.44 bits per heavy atom. The zero-order valence-electron chi connectivity index (χ0n) is 10.3. The first-order valence-corrected chi connectivity index (χ1v) is 5.76. The standard InChI is InChI=1S/C12H17N3O3/c1-2-3-4-15(8-11(13)17)12(18)9-5-10(16)7-14-6-9/h5-7,16H,2-4,8H2,1H3,(H2,13,17).